The molecule has 2 aromatic rings. The van der Waals surface area contributed by atoms with Gasteiger partial charge in [-0.25, -0.2) is 4.98 Å². The molecule has 0 saturated heterocycles. The molecule has 0 fully saturated rings. The van der Waals surface area contributed by atoms with Crippen molar-refractivity contribution in [3.63, 3.8) is 0 Å². The minimum atomic E-state index is -0.147. The molecule has 4 nitrogen and oxygen atoms in total. The van der Waals surface area contributed by atoms with Crippen molar-refractivity contribution in [2.45, 2.75) is 6.92 Å². The minimum absolute atomic E-state index is 0.147. The zero-order valence-electron chi connectivity index (χ0n) is 10.6. The van der Waals surface area contributed by atoms with Crippen LogP contribution in [0.1, 0.15) is 21.5 Å². The number of aromatic nitrogens is 1. The molecule has 0 saturated carbocycles. The van der Waals surface area contributed by atoms with Gasteiger partial charge >= 0.3 is 0 Å². The number of benzene rings is 1. The highest BCUT2D eigenvalue weighted by atomic mass is 79.9. The third-order valence-corrected chi connectivity index (χ3v) is 3.45. The number of aryl methyl sites for hydroxylation is 1. The average Bonchev–Trinajstić information content (AvgIpc) is 2.38. The Labute approximate surface area is 119 Å². The maximum atomic E-state index is 12.5. The molecule has 1 aromatic heterocycles. The highest BCUT2D eigenvalue weighted by Crippen LogP contribution is 2.27. The van der Waals surface area contributed by atoms with E-state index < -0.39 is 0 Å². The van der Waals surface area contributed by atoms with Crippen LogP contribution in [0.25, 0.3) is 0 Å². The number of ketones is 1. The Morgan fingerprint density at radius 1 is 1.37 bits per heavy atom. The lowest BCUT2D eigenvalue weighted by atomic mass is 10.00. The van der Waals surface area contributed by atoms with Crippen LogP contribution in [0, 0.1) is 6.92 Å². The molecule has 0 aliphatic carbocycles. The molecule has 1 heterocycles. The van der Waals surface area contributed by atoms with Crippen molar-refractivity contribution in [2.75, 3.05) is 12.8 Å². The maximum absolute atomic E-state index is 12.5. The number of nitrogens with two attached hydrogens (primary N) is 1. The molecule has 0 unspecified atom stereocenters. The van der Waals surface area contributed by atoms with Crippen LogP contribution in [0.2, 0.25) is 0 Å². The Morgan fingerprint density at radius 2 is 2.11 bits per heavy atom. The number of carbonyl (C=O) groups is 1. The van der Waals surface area contributed by atoms with Gasteiger partial charge in [0.05, 0.1) is 17.1 Å². The SMILES string of the molecule is COc1ccc(C(=O)c2c(C)ccnc2N)cc1Br. The van der Waals surface area contributed by atoms with Gasteiger partial charge in [-0.1, -0.05) is 0 Å². The molecule has 2 rings (SSSR count). The molecule has 0 atom stereocenters. The van der Waals surface area contributed by atoms with Gasteiger partial charge in [-0.3, -0.25) is 4.79 Å². The van der Waals surface area contributed by atoms with E-state index in [9.17, 15) is 4.79 Å². The Bertz CT molecular complexity index is 621. The van der Waals surface area contributed by atoms with Gasteiger partial charge < -0.3 is 10.5 Å². The monoisotopic (exact) mass is 320 g/mol. The van der Waals surface area contributed by atoms with Gasteiger partial charge in [-0.15, -0.1) is 0 Å². The van der Waals surface area contributed by atoms with E-state index in [1.165, 1.54) is 0 Å². The summed E-state index contributed by atoms with van der Waals surface area (Å²) in [6.07, 6.45) is 1.59. The lowest BCUT2D eigenvalue weighted by Gasteiger charge is -2.09. The second kappa shape index (κ2) is 5.40. The zero-order valence-corrected chi connectivity index (χ0v) is 12.2. The number of carbonyl (C=O) groups excluding carboxylic acids is 1. The van der Waals surface area contributed by atoms with E-state index in [0.717, 1.165) is 10.0 Å². The Hall–Kier alpha value is -1.88. The summed E-state index contributed by atoms with van der Waals surface area (Å²) in [6, 6.07) is 6.92. The molecule has 0 spiro atoms. The van der Waals surface area contributed by atoms with Gasteiger partial charge in [0.2, 0.25) is 0 Å². The molecule has 5 heteroatoms. The predicted octanol–water partition coefficient (Wildman–Crippen LogP) is 2.97. The fraction of sp³-hybridized carbons (Fsp3) is 0.143. The number of pyridine rings is 1. The van der Waals surface area contributed by atoms with Gasteiger partial charge in [0.15, 0.2) is 5.78 Å². The van der Waals surface area contributed by atoms with Gasteiger partial charge in [0.1, 0.15) is 11.6 Å². The minimum Gasteiger partial charge on any atom is -0.496 e. The lowest BCUT2D eigenvalue weighted by molar-refractivity contribution is 0.103. The van der Waals surface area contributed by atoms with Gasteiger partial charge in [-0.05, 0) is 52.7 Å². The van der Waals surface area contributed by atoms with Crippen molar-refractivity contribution < 1.29 is 9.53 Å². The third-order valence-electron chi connectivity index (χ3n) is 2.83. The molecule has 0 radical (unpaired) electrons. The normalized spacial score (nSPS) is 10.3. The maximum Gasteiger partial charge on any atom is 0.197 e. The van der Waals surface area contributed by atoms with Crippen LogP contribution in [-0.4, -0.2) is 17.9 Å². The molecule has 2 N–H and O–H groups in total. The standard InChI is InChI=1S/C14H13BrN2O2/c1-8-5-6-17-14(16)12(8)13(18)9-3-4-11(19-2)10(15)7-9/h3-7H,1-2H3,(H2,16,17). The van der Waals surface area contributed by atoms with Crippen LogP contribution in [0.4, 0.5) is 5.82 Å². The zero-order chi connectivity index (χ0) is 14.0. The first-order valence-electron chi connectivity index (χ1n) is 5.64. The van der Waals surface area contributed by atoms with E-state index in [1.807, 2.05) is 6.92 Å². The molecular formula is C14H13BrN2O2. The van der Waals surface area contributed by atoms with Gasteiger partial charge in [0.25, 0.3) is 0 Å². The van der Waals surface area contributed by atoms with Crippen LogP contribution >= 0.6 is 15.9 Å². The number of nitrogen functional groups attached to an aromatic ring is 1. The van der Waals surface area contributed by atoms with Crippen molar-refractivity contribution in [1.82, 2.24) is 4.98 Å². The molecule has 1 aromatic carbocycles. The van der Waals surface area contributed by atoms with Gasteiger partial charge in [-0.2, -0.15) is 0 Å². The number of methoxy groups -OCH3 is 1. The second-order valence-electron chi connectivity index (χ2n) is 4.07. The van der Waals surface area contributed by atoms with E-state index in [0.29, 0.717) is 16.9 Å². The smallest absolute Gasteiger partial charge is 0.197 e. The predicted molar refractivity (Wildman–Crippen MR) is 77.5 cm³/mol. The Morgan fingerprint density at radius 3 is 2.68 bits per heavy atom. The van der Waals surface area contributed by atoms with Crippen molar-refractivity contribution in [3.05, 3.63) is 51.6 Å². The lowest BCUT2D eigenvalue weighted by Crippen LogP contribution is -2.09. The van der Waals surface area contributed by atoms with Crippen LogP contribution < -0.4 is 10.5 Å². The van der Waals surface area contributed by atoms with Crippen LogP contribution in [0.3, 0.4) is 0 Å². The fourth-order valence-corrected chi connectivity index (χ4v) is 2.37. The number of nitrogens with zero attached hydrogens (tertiary/aromatic N) is 1. The third kappa shape index (κ3) is 2.61. The highest BCUT2D eigenvalue weighted by Gasteiger charge is 2.16. The second-order valence-corrected chi connectivity index (χ2v) is 4.92. The summed E-state index contributed by atoms with van der Waals surface area (Å²) in [7, 11) is 1.57. The van der Waals surface area contributed by atoms with E-state index in [1.54, 1.807) is 37.6 Å². The number of halogens is 1. The van der Waals surface area contributed by atoms with E-state index >= 15 is 0 Å². The first-order valence-corrected chi connectivity index (χ1v) is 6.43. The number of hydrogen-bond acceptors (Lipinski definition) is 4. The topological polar surface area (TPSA) is 65.2 Å². The van der Waals surface area contributed by atoms with Crippen LogP contribution in [0.5, 0.6) is 5.75 Å². The Balaban J connectivity index is 2.48. The molecule has 0 bridgehead atoms. The molecule has 0 aliphatic rings. The summed E-state index contributed by atoms with van der Waals surface area (Å²) < 4.78 is 5.86. The first-order chi connectivity index (χ1) is 9.04. The molecule has 0 aliphatic heterocycles. The number of anilines is 1. The van der Waals surface area contributed by atoms with E-state index in [2.05, 4.69) is 20.9 Å². The summed E-state index contributed by atoms with van der Waals surface area (Å²) in [5.41, 5.74) is 7.58. The summed E-state index contributed by atoms with van der Waals surface area (Å²) in [5, 5.41) is 0. The average molecular weight is 321 g/mol. The van der Waals surface area contributed by atoms with Crippen LogP contribution in [0.15, 0.2) is 34.9 Å². The fourth-order valence-electron chi connectivity index (χ4n) is 1.83. The van der Waals surface area contributed by atoms with Crippen molar-refractivity contribution in [1.29, 1.82) is 0 Å². The number of hydrogen-bond donors (Lipinski definition) is 1. The van der Waals surface area contributed by atoms with E-state index in [4.69, 9.17) is 10.5 Å². The summed E-state index contributed by atoms with van der Waals surface area (Å²) in [4.78, 5) is 16.4. The van der Waals surface area contributed by atoms with Crippen molar-refractivity contribution in [2.24, 2.45) is 0 Å². The molecule has 0 amide bonds. The van der Waals surface area contributed by atoms with Gasteiger partial charge in [0, 0.05) is 11.8 Å². The number of ether oxygens (including phenoxy) is 1. The van der Waals surface area contributed by atoms with Crippen molar-refractivity contribution >= 4 is 27.5 Å². The van der Waals surface area contributed by atoms with Crippen LogP contribution in [-0.2, 0) is 0 Å². The molecular weight excluding hydrogens is 308 g/mol. The quantitative estimate of drug-likeness (QED) is 0.883. The largest absolute Gasteiger partial charge is 0.496 e. The Kier molecular flexibility index (Phi) is 3.85. The number of rotatable bonds is 3. The van der Waals surface area contributed by atoms with E-state index in [-0.39, 0.29) is 11.6 Å². The molecule has 19 heavy (non-hydrogen) atoms. The van der Waals surface area contributed by atoms with Crippen molar-refractivity contribution in [3.8, 4) is 5.75 Å². The summed E-state index contributed by atoms with van der Waals surface area (Å²) in [5.74, 6) is 0.774. The highest BCUT2D eigenvalue weighted by molar-refractivity contribution is 9.10. The summed E-state index contributed by atoms with van der Waals surface area (Å²) >= 11 is 3.36. The first kappa shape index (κ1) is 13.5. The summed E-state index contributed by atoms with van der Waals surface area (Å²) in [6.45, 7) is 1.84. The molecule has 98 valence electrons.